The van der Waals surface area contributed by atoms with Gasteiger partial charge in [-0.2, -0.15) is 8.78 Å². The lowest BCUT2D eigenvalue weighted by Crippen LogP contribution is -2.29. The van der Waals surface area contributed by atoms with Crippen molar-refractivity contribution in [1.29, 1.82) is 0 Å². The number of halogens is 2. The van der Waals surface area contributed by atoms with Gasteiger partial charge in [0.1, 0.15) is 0 Å². The average molecular weight is 394 g/mol. The van der Waals surface area contributed by atoms with Gasteiger partial charge in [-0.1, -0.05) is 12.1 Å². The summed E-state index contributed by atoms with van der Waals surface area (Å²) in [6.45, 7) is 1.89. The quantitative estimate of drug-likeness (QED) is 0.637. The standard InChI is InChI=1S/C17H16F2N4O3S/c1-11-4-3-5-14(8-11)23(27(2,24)25)10-13-7-6-12(9-20-13)16-21-22-17(26-16)15(18)19/h3-9,15H,10H2,1-2H3. The monoisotopic (exact) mass is 394 g/mol. The SMILES string of the molecule is Cc1cccc(N(Cc2ccc(-c3nnc(C(F)F)o3)cn2)S(C)(=O)=O)c1. The maximum Gasteiger partial charge on any atom is 0.314 e. The van der Waals surface area contributed by atoms with Crippen molar-refractivity contribution in [2.24, 2.45) is 0 Å². The highest BCUT2D eigenvalue weighted by atomic mass is 32.2. The minimum absolute atomic E-state index is 0.0225. The fraction of sp³-hybridized carbons (Fsp3) is 0.235. The van der Waals surface area contributed by atoms with Crippen molar-refractivity contribution >= 4 is 15.7 Å². The van der Waals surface area contributed by atoms with Gasteiger partial charge >= 0.3 is 6.43 Å². The van der Waals surface area contributed by atoms with Gasteiger partial charge in [0, 0.05) is 6.20 Å². The number of aromatic nitrogens is 3. The number of hydrogen-bond acceptors (Lipinski definition) is 6. The van der Waals surface area contributed by atoms with Crippen molar-refractivity contribution in [2.45, 2.75) is 19.9 Å². The number of nitrogens with zero attached hydrogens (tertiary/aromatic N) is 4. The zero-order valence-electron chi connectivity index (χ0n) is 14.5. The van der Waals surface area contributed by atoms with Crippen molar-refractivity contribution in [3.05, 3.63) is 59.7 Å². The van der Waals surface area contributed by atoms with E-state index in [1.54, 1.807) is 30.3 Å². The number of sulfonamides is 1. The highest BCUT2D eigenvalue weighted by molar-refractivity contribution is 7.92. The second kappa shape index (κ2) is 7.39. The zero-order valence-corrected chi connectivity index (χ0v) is 15.3. The van der Waals surface area contributed by atoms with Gasteiger partial charge in [0.25, 0.3) is 5.89 Å². The Hall–Kier alpha value is -2.88. The molecule has 0 saturated heterocycles. The molecule has 0 fully saturated rings. The fourth-order valence-corrected chi connectivity index (χ4v) is 3.28. The van der Waals surface area contributed by atoms with Gasteiger partial charge in [0.2, 0.25) is 15.9 Å². The first-order valence-corrected chi connectivity index (χ1v) is 9.70. The minimum Gasteiger partial charge on any atom is -0.415 e. The first-order chi connectivity index (χ1) is 12.7. The molecule has 0 amide bonds. The molecular weight excluding hydrogens is 378 g/mol. The molecule has 27 heavy (non-hydrogen) atoms. The molecular formula is C17H16F2N4O3S. The summed E-state index contributed by atoms with van der Waals surface area (Å²) in [7, 11) is -3.53. The molecule has 3 aromatic rings. The summed E-state index contributed by atoms with van der Waals surface area (Å²) in [5.74, 6) is -0.847. The van der Waals surface area contributed by atoms with Gasteiger partial charge < -0.3 is 4.42 Å². The van der Waals surface area contributed by atoms with Crippen LogP contribution in [0.4, 0.5) is 14.5 Å². The Morgan fingerprint density at radius 3 is 2.52 bits per heavy atom. The third-order valence-electron chi connectivity index (χ3n) is 3.69. The molecule has 1 aromatic carbocycles. The van der Waals surface area contributed by atoms with E-state index in [1.165, 1.54) is 10.5 Å². The van der Waals surface area contributed by atoms with Crippen LogP contribution in [0.25, 0.3) is 11.5 Å². The van der Waals surface area contributed by atoms with Crippen LogP contribution in [0.1, 0.15) is 23.6 Å². The lowest BCUT2D eigenvalue weighted by atomic mass is 10.2. The summed E-state index contributed by atoms with van der Waals surface area (Å²) < 4.78 is 55.6. The maximum atomic E-state index is 12.5. The molecule has 0 radical (unpaired) electrons. The number of pyridine rings is 1. The van der Waals surface area contributed by atoms with Crippen molar-refractivity contribution in [3.63, 3.8) is 0 Å². The molecule has 0 saturated carbocycles. The van der Waals surface area contributed by atoms with Gasteiger partial charge in [-0.25, -0.2) is 8.42 Å². The first kappa shape index (κ1) is 18.9. The smallest absolute Gasteiger partial charge is 0.314 e. The van der Waals surface area contributed by atoms with Gasteiger partial charge in [0.15, 0.2) is 0 Å². The lowest BCUT2D eigenvalue weighted by molar-refractivity contribution is 0.116. The molecule has 7 nitrogen and oxygen atoms in total. The summed E-state index contributed by atoms with van der Waals surface area (Å²) in [6, 6.07) is 10.2. The molecule has 10 heteroatoms. The second-order valence-electron chi connectivity index (χ2n) is 5.89. The number of anilines is 1. The van der Waals surface area contributed by atoms with Crippen molar-refractivity contribution in [1.82, 2.24) is 15.2 Å². The number of rotatable bonds is 6. The highest BCUT2D eigenvalue weighted by Crippen LogP contribution is 2.24. The van der Waals surface area contributed by atoms with E-state index in [4.69, 9.17) is 4.42 Å². The van der Waals surface area contributed by atoms with E-state index < -0.39 is 22.3 Å². The van der Waals surface area contributed by atoms with E-state index in [0.29, 0.717) is 16.9 Å². The van der Waals surface area contributed by atoms with E-state index in [-0.39, 0.29) is 12.4 Å². The van der Waals surface area contributed by atoms with Crippen LogP contribution >= 0.6 is 0 Å². The van der Waals surface area contributed by atoms with Gasteiger partial charge in [-0.05, 0) is 36.8 Å². The van der Waals surface area contributed by atoms with Crippen LogP contribution in [0.5, 0.6) is 0 Å². The number of benzene rings is 1. The Labute approximate surface area is 154 Å². The fourth-order valence-electron chi connectivity index (χ4n) is 2.41. The molecule has 2 heterocycles. The Balaban J connectivity index is 1.85. The van der Waals surface area contributed by atoms with Crippen LogP contribution in [0, 0.1) is 6.92 Å². The van der Waals surface area contributed by atoms with Crippen LogP contribution in [-0.4, -0.2) is 29.9 Å². The van der Waals surface area contributed by atoms with Crippen LogP contribution in [0.15, 0.2) is 47.0 Å². The van der Waals surface area contributed by atoms with Crippen LogP contribution < -0.4 is 4.31 Å². The lowest BCUT2D eigenvalue weighted by Gasteiger charge is -2.22. The van der Waals surface area contributed by atoms with Gasteiger partial charge in [0.05, 0.1) is 29.7 Å². The largest absolute Gasteiger partial charge is 0.415 e. The molecule has 0 aliphatic carbocycles. The molecule has 3 rings (SSSR count). The van der Waals surface area contributed by atoms with Crippen LogP contribution in [0.3, 0.4) is 0 Å². The van der Waals surface area contributed by atoms with Crippen LogP contribution in [-0.2, 0) is 16.6 Å². The summed E-state index contributed by atoms with van der Waals surface area (Å²) in [6.07, 6.45) is -0.362. The molecule has 0 N–H and O–H groups in total. The highest BCUT2D eigenvalue weighted by Gasteiger charge is 2.20. The van der Waals surface area contributed by atoms with Crippen LogP contribution in [0.2, 0.25) is 0 Å². The summed E-state index contributed by atoms with van der Waals surface area (Å²) in [5, 5.41) is 6.81. The molecule has 0 bridgehead atoms. The Morgan fingerprint density at radius 1 is 1.19 bits per heavy atom. The summed E-state index contributed by atoms with van der Waals surface area (Å²) >= 11 is 0. The Kier molecular flexibility index (Phi) is 5.17. The first-order valence-electron chi connectivity index (χ1n) is 7.85. The Bertz CT molecular complexity index is 1040. The minimum atomic E-state index is -3.53. The molecule has 0 unspecified atom stereocenters. The van der Waals surface area contributed by atoms with E-state index in [2.05, 4.69) is 15.2 Å². The van der Waals surface area contributed by atoms with Crippen molar-refractivity contribution in [3.8, 4) is 11.5 Å². The molecule has 2 aromatic heterocycles. The normalized spacial score (nSPS) is 11.7. The van der Waals surface area contributed by atoms with Gasteiger partial charge in [-0.15, -0.1) is 10.2 Å². The molecule has 0 aliphatic rings. The zero-order chi connectivity index (χ0) is 19.6. The summed E-state index contributed by atoms with van der Waals surface area (Å²) in [4.78, 5) is 4.19. The van der Waals surface area contributed by atoms with E-state index in [0.717, 1.165) is 11.8 Å². The molecule has 0 aliphatic heterocycles. The summed E-state index contributed by atoms with van der Waals surface area (Å²) in [5.41, 5.74) is 2.29. The predicted octanol–water partition coefficient (Wildman–Crippen LogP) is 3.34. The van der Waals surface area contributed by atoms with E-state index in [1.807, 2.05) is 13.0 Å². The number of hydrogen-bond donors (Lipinski definition) is 0. The average Bonchev–Trinajstić information content (AvgIpc) is 3.09. The Morgan fingerprint density at radius 2 is 1.96 bits per heavy atom. The van der Waals surface area contributed by atoms with E-state index >= 15 is 0 Å². The topological polar surface area (TPSA) is 89.2 Å². The van der Waals surface area contributed by atoms with Crippen molar-refractivity contribution in [2.75, 3.05) is 10.6 Å². The molecule has 142 valence electrons. The molecule has 0 atom stereocenters. The second-order valence-corrected chi connectivity index (χ2v) is 7.80. The third-order valence-corrected chi connectivity index (χ3v) is 4.84. The maximum absolute atomic E-state index is 12.5. The number of alkyl halides is 2. The third kappa shape index (κ3) is 4.45. The number of aryl methyl sites for hydroxylation is 1. The predicted molar refractivity (Wildman–Crippen MR) is 94.7 cm³/mol. The van der Waals surface area contributed by atoms with Gasteiger partial charge in [-0.3, -0.25) is 9.29 Å². The molecule has 0 spiro atoms. The van der Waals surface area contributed by atoms with Crippen molar-refractivity contribution < 1.29 is 21.6 Å². The van der Waals surface area contributed by atoms with E-state index in [9.17, 15) is 17.2 Å².